The summed E-state index contributed by atoms with van der Waals surface area (Å²) in [5.41, 5.74) is -0.0418. The molecular weight excluding hydrogens is 218 g/mol. The highest BCUT2D eigenvalue weighted by molar-refractivity contribution is 5.32. The van der Waals surface area contributed by atoms with E-state index in [-0.39, 0.29) is 11.7 Å². The molecular formula is C12H17N3O2. The van der Waals surface area contributed by atoms with Crippen molar-refractivity contribution in [1.82, 2.24) is 9.97 Å². The van der Waals surface area contributed by atoms with Crippen molar-refractivity contribution in [2.24, 2.45) is 0 Å². The molecule has 0 radical (unpaired) electrons. The van der Waals surface area contributed by atoms with Crippen molar-refractivity contribution in [3.05, 3.63) is 18.5 Å². The van der Waals surface area contributed by atoms with Crippen molar-refractivity contribution < 1.29 is 9.47 Å². The number of anilines is 1. The summed E-state index contributed by atoms with van der Waals surface area (Å²) >= 11 is 0. The van der Waals surface area contributed by atoms with Gasteiger partial charge in [0.2, 0.25) is 5.95 Å². The largest absolute Gasteiger partial charge is 0.379 e. The normalized spacial score (nSPS) is 32.5. The Morgan fingerprint density at radius 1 is 1.47 bits per heavy atom. The molecule has 0 amide bonds. The number of ether oxygens (including phenoxy) is 2. The van der Waals surface area contributed by atoms with Crippen LogP contribution in [0.3, 0.4) is 0 Å². The minimum absolute atomic E-state index is 0.0418. The van der Waals surface area contributed by atoms with Gasteiger partial charge in [-0.15, -0.1) is 0 Å². The van der Waals surface area contributed by atoms with Crippen molar-refractivity contribution in [3.8, 4) is 0 Å². The third-order valence-electron chi connectivity index (χ3n) is 3.66. The molecule has 2 atom stereocenters. The average Bonchev–Trinajstić information content (AvgIpc) is 2.99. The monoisotopic (exact) mass is 235 g/mol. The molecule has 1 spiro atoms. The lowest BCUT2D eigenvalue weighted by molar-refractivity contribution is 0.0154. The summed E-state index contributed by atoms with van der Waals surface area (Å²) < 4.78 is 11.3. The van der Waals surface area contributed by atoms with Gasteiger partial charge in [-0.25, -0.2) is 9.97 Å². The van der Waals surface area contributed by atoms with Crippen LogP contribution in [0.5, 0.6) is 0 Å². The molecule has 2 aliphatic rings. The van der Waals surface area contributed by atoms with E-state index in [4.69, 9.17) is 9.47 Å². The number of methoxy groups -OCH3 is 1. The molecule has 92 valence electrons. The maximum Gasteiger partial charge on any atom is 0.225 e. The van der Waals surface area contributed by atoms with Gasteiger partial charge in [-0.05, 0) is 12.5 Å². The maximum absolute atomic E-state index is 5.93. The van der Waals surface area contributed by atoms with E-state index in [0.29, 0.717) is 6.61 Å². The van der Waals surface area contributed by atoms with Gasteiger partial charge in [-0.1, -0.05) is 0 Å². The number of aromatic nitrogens is 2. The molecule has 0 unspecified atom stereocenters. The van der Waals surface area contributed by atoms with Crippen LogP contribution in [0.2, 0.25) is 0 Å². The number of hydrogen-bond donors (Lipinski definition) is 0. The fourth-order valence-corrected chi connectivity index (χ4v) is 2.71. The predicted molar refractivity (Wildman–Crippen MR) is 63.0 cm³/mol. The van der Waals surface area contributed by atoms with Crippen LogP contribution in [0.15, 0.2) is 18.5 Å². The summed E-state index contributed by atoms with van der Waals surface area (Å²) in [6, 6.07) is 1.84. The second-order valence-electron chi connectivity index (χ2n) is 4.78. The minimum atomic E-state index is -0.0418. The molecule has 5 nitrogen and oxygen atoms in total. The lowest BCUT2D eigenvalue weighted by Crippen LogP contribution is -2.33. The zero-order valence-corrected chi connectivity index (χ0v) is 10.0. The topological polar surface area (TPSA) is 47.5 Å². The average molecular weight is 235 g/mol. The van der Waals surface area contributed by atoms with E-state index in [0.717, 1.165) is 31.9 Å². The summed E-state index contributed by atoms with van der Waals surface area (Å²) in [6.07, 6.45) is 5.81. The van der Waals surface area contributed by atoms with Crippen LogP contribution in [0.25, 0.3) is 0 Å². The van der Waals surface area contributed by atoms with Crippen LogP contribution in [0.1, 0.15) is 12.8 Å². The van der Waals surface area contributed by atoms with Crippen molar-refractivity contribution in [1.29, 1.82) is 0 Å². The fraction of sp³-hybridized carbons (Fsp3) is 0.667. The van der Waals surface area contributed by atoms with Gasteiger partial charge in [-0.3, -0.25) is 0 Å². The molecule has 0 aromatic carbocycles. The van der Waals surface area contributed by atoms with E-state index in [1.807, 2.05) is 6.07 Å². The lowest BCUT2D eigenvalue weighted by Gasteiger charge is -2.23. The third kappa shape index (κ3) is 2.00. The van der Waals surface area contributed by atoms with E-state index in [9.17, 15) is 0 Å². The molecule has 0 bridgehead atoms. The van der Waals surface area contributed by atoms with Gasteiger partial charge in [-0.2, -0.15) is 0 Å². The van der Waals surface area contributed by atoms with Gasteiger partial charge in [0.25, 0.3) is 0 Å². The first-order chi connectivity index (χ1) is 8.31. The van der Waals surface area contributed by atoms with E-state index >= 15 is 0 Å². The van der Waals surface area contributed by atoms with Gasteiger partial charge in [0, 0.05) is 32.5 Å². The molecule has 3 rings (SSSR count). The van der Waals surface area contributed by atoms with Crippen molar-refractivity contribution in [2.45, 2.75) is 24.5 Å². The second kappa shape index (κ2) is 4.23. The number of hydrogen-bond acceptors (Lipinski definition) is 5. The summed E-state index contributed by atoms with van der Waals surface area (Å²) in [6.45, 7) is 2.54. The van der Waals surface area contributed by atoms with Crippen molar-refractivity contribution >= 4 is 5.95 Å². The highest BCUT2D eigenvalue weighted by atomic mass is 16.6. The maximum atomic E-state index is 5.93. The summed E-state index contributed by atoms with van der Waals surface area (Å²) in [7, 11) is 1.75. The molecule has 1 aromatic heterocycles. The van der Waals surface area contributed by atoms with Gasteiger partial charge in [0.1, 0.15) is 0 Å². The summed E-state index contributed by atoms with van der Waals surface area (Å²) in [5, 5.41) is 0. The van der Waals surface area contributed by atoms with Gasteiger partial charge >= 0.3 is 0 Å². The summed E-state index contributed by atoms with van der Waals surface area (Å²) in [5.74, 6) is 0.800. The van der Waals surface area contributed by atoms with E-state index in [1.54, 1.807) is 19.5 Å². The summed E-state index contributed by atoms with van der Waals surface area (Å²) in [4.78, 5) is 10.8. The highest BCUT2D eigenvalue weighted by Crippen LogP contribution is 2.36. The first-order valence-electron chi connectivity index (χ1n) is 6.00. The van der Waals surface area contributed by atoms with Crippen LogP contribution in [-0.2, 0) is 9.47 Å². The van der Waals surface area contributed by atoms with Gasteiger partial charge in [0.15, 0.2) is 0 Å². The number of nitrogens with zero attached hydrogens (tertiary/aromatic N) is 3. The number of rotatable bonds is 2. The van der Waals surface area contributed by atoms with E-state index < -0.39 is 0 Å². The molecule has 0 aliphatic carbocycles. The molecule has 0 saturated carbocycles. The molecule has 2 fully saturated rings. The first kappa shape index (κ1) is 10.9. The Kier molecular flexibility index (Phi) is 2.72. The molecule has 2 saturated heterocycles. The minimum Gasteiger partial charge on any atom is -0.379 e. The standard InChI is InChI=1S/C12H17N3O2/c1-16-10-7-12(17-8-10)3-6-15(9-12)11-13-4-2-5-14-11/h2,4-5,10H,3,6-9H2,1H3/t10-,12+/m0/s1. The Morgan fingerprint density at radius 2 is 2.29 bits per heavy atom. The van der Waals surface area contributed by atoms with Crippen LogP contribution in [0.4, 0.5) is 5.95 Å². The highest BCUT2D eigenvalue weighted by Gasteiger charge is 2.46. The molecule has 5 heteroatoms. The van der Waals surface area contributed by atoms with Crippen molar-refractivity contribution in [3.63, 3.8) is 0 Å². The van der Waals surface area contributed by atoms with Crippen LogP contribution >= 0.6 is 0 Å². The molecule has 17 heavy (non-hydrogen) atoms. The zero-order chi connectivity index (χ0) is 11.7. The SMILES string of the molecule is CO[C@@H]1CO[C@]2(CCN(c3ncccn3)C2)C1. The van der Waals surface area contributed by atoms with Crippen molar-refractivity contribution in [2.75, 3.05) is 31.7 Å². The Labute approximate surface area is 101 Å². The Hall–Kier alpha value is -1.20. The molecule has 1 aromatic rings. The molecule has 3 heterocycles. The Balaban J connectivity index is 1.70. The van der Waals surface area contributed by atoms with E-state index in [1.165, 1.54) is 0 Å². The quantitative estimate of drug-likeness (QED) is 0.761. The molecule has 2 aliphatic heterocycles. The Morgan fingerprint density at radius 3 is 3.00 bits per heavy atom. The van der Waals surface area contributed by atoms with Crippen LogP contribution < -0.4 is 4.90 Å². The lowest BCUT2D eigenvalue weighted by atomic mass is 9.98. The molecule has 0 N–H and O–H groups in total. The van der Waals surface area contributed by atoms with E-state index in [2.05, 4.69) is 14.9 Å². The second-order valence-corrected chi connectivity index (χ2v) is 4.78. The zero-order valence-electron chi connectivity index (χ0n) is 10.0. The Bertz CT molecular complexity index is 387. The van der Waals surface area contributed by atoms with Crippen LogP contribution in [0, 0.1) is 0 Å². The van der Waals surface area contributed by atoms with Gasteiger partial charge in [0.05, 0.1) is 24.9 Å². The van der Waals surface area contributed by atoms with Gasteiger partial charge < -0.3 is 14.4 Å². The third-order valence-corrected chi connectivity index (χ3v) is 3.66. The smallest absolute Gasteiger partial charge is 0.225 e. The predicted octanol–water partition coefficient (Wildman–Crippen LogP) is 0.861. The fourth-order valence-electron chi connectivity index (χ4n) is 2.71. The van der Waals surface area contributed by atoms with Crippen LogP contribution in [-0.4, -0.2) is 48.5 Å². The first-order valence-corrected chi connectivity index (χ1v) is 6.00.